The van der Waals surface area contributed by atoms with Gasteiger partial charge in [0.1, 0.15) is 11.3 Å². The van der Waals surface area contributed by atoms with Crippen molar-refractivity contribution in [1.29, 1.82) is 0 Å². The van der Waals surface area contributed by atoms with E-state index in [2.05, 4.69) is 44.1 Å². The SMILES string of the molecule is CCN1CCN(Cc2ccc(NC(=O)Cc3cc(C#C/C=C/N=c4ccc(N(C)C)nn4C)ccn3)cc2C(F)(F)F)CC1. The van der Waals surface area contributed by atoms with Crippen molar-refractivity contribution in [1.82, 2.24) is 24.6 Å². The Hall–Kier alpha value is -4.47. The molecule has 1 aliphatic rings. The predicted molar refractivity (Wildman–Crippen MR) is 165 cm³/mol. The van der Waals surface area contributed by atoms with Crippen molar-refractivity contribution in [2.24, 2.45) is 12.0 Å². The number of alkyl halides is 3. The van der Waals surface area contributed by atoms with Gasteiger partial charge in [-0.3, -0.25) is 14.7 Å². The summed E-state index contributed by atoms with van der Waals surface area (Å²) in [6.45, 7) is 6.32. The van der Waals surface area contributed by atoms with E-state index in [1.165, 1.54) is 18.3 Å². The molecular weight excluding hydrogens is 569 g/mol. The fraction of sp³-hybridized carbons (Fsp3) is 0.375. The quantitative estimate of drug-likeness (QED) is 0.394. The van der Waals surface area contributed by atoms with Crippen molar-refractivity contribution in [2.45, 2.75) is 26.1 Å². The number of nitrogens with zero attached hydrogens (tertiary/aromatic N) is 7. The van der Waals surface area contributed by atoms with Gasteiger partial charge < -0.3 is 15.1 Å². The highest BCUT2D eigenvalue weighted by atomic mass is 19.4. The number of hydrogen-bond acceptors (Lipinski definition) is 7. The molecule has 0 bridgehead atoms. The van der Waals surface area contributed by atoms with Gasteiger partial charge in [-0.1, -0.05) is 24.8 Å². The van der Waals surface area contributed by atoms with Gasteiger partial charge in [0.05, 0.1) is 17.7 Å². The van der Waals surface area contributed by atoms with Crippen molar-refractivity contribution in [3.63, 3.8) is 0 Å². The molecule has 3 aromatic rings. The molecule has 1 amide bonds. The molecule has 4 rings (SSSR count). The van der Waals surface area contributed by atoms with Crippen LogP contribution in [0.4, 0.5) is 24.7 Å². The number of rotatable bonds is 8. The number of benzene rings is 1. The molecule has 0 unspecified atom stereocenters. The summed E-state index contributed by atoms with van der Waals surface area (Å²) in [5.74, 6) is 6.21. The fourth-order valence-corrected chi connectivity index (χ4v) is 4.72. The number of carbonyl (C=O) groups is 1. The fourth-order valence-electron chi connectivity index (χ4n) is 4.72. The highest BCUT2D eigenvalue weighted by molar-refractivity contribution is 5.92. The Morgan fingerprint density at radius 2 is 1.84 bits per heavy atom. The van der Waals surface area contributed by atoms with Crippen molar-refractivity contribution >= 4 is 17.4 Å². The van der Waals surface area contributed by atoms with E-state index in [0.29, 0.717) is 29.8 Å². The smallest absolute Gasteiger partial charge is 0.361 e. The van der Waals surface area contributed by atoms with E-state index < -0.39 is 17.6 Å². The first-order valence-electron chi connectivity index (χ1n) is 14.3. The average molecular weight is 607 g/mol. The molecule has 0 atom stereocenters. The van der Waals surface area contributed by atoms with Gasteiger partial charge in [0.25, 0.3) is 0 Å². The third-order valence-corrected chi connectivity index (χ3v) is 7.17. The van der Waals surface area contributed by atoms with E-state index in [1.54, 1.807) is 36.1 Å². The number of anilines is 2. The van der Waals surface area contributed by atoms with Crippen LogP contribution in [0.2, 0.25) is 0 Å². The molecule has 0 spiro atoms. The Morgan fingerprint density at radius 3 is 2.52 bits per heavy atom. The Kier molecular flexibility index (Phi) is 10.9. The maximum Gasteiger partial charge on any atom is 0.416 e. The molecule has 1 N–H and O–H groups in total. The van der Waals surface area contributed by atoms with Crippen LogP contribution in [0, 0.1) is 11.8 Å². The lowest BCUT2D eigenvalue weighted by molar-refractivity contribution is -0.138. The number of nitrogens with one attached hydrogen (secondary N) is 1. The minimum absolute atomic E-state index is 0.0895. The molecule has 1 fully saturated rings. The lowest BCUT2D eigenvalue weighted by atomic mass is 10.0. The first-order valence-corrected chi connectivity index (χ1v) is 14.3. The maximum atomic E-state index is 13.9. The van der Waals surface area contributed by atoms with E-state index in [1.807, 2.05) is 36.0 Å². The minimum Gasteiger partial charge on any atom is -0.361 e. The van der Waals surface area contributed by atoms with Crippen LogP contribution in [-0.2, 0) is 31.0 Å². The predicted octanol–water partition coefficient (Wildman–Crippen LogP) is 3.68. The van der Waals surface area contributed by atoms with E-state index in [9.17, 15) is 18.0 Å². The van der Waals surface area contributed by atoms with Gasteiger partial charge in [-0.25, -0.2) is 9.67 Å². The summed E-state index contributed by atoms with van der Waals surface area (Å²) < 4.78 is 43.5. The minimum atomic E-state index is -4.54. The monoisotopic (exact) mass is 606 g/mol. The lowest BCUT2D eigenvalue weighted by Crippen LogP contribution is -2.45. The Labute approximate surface area is 255 Å². The molecule has 1 aliphatic heterocycles. The van der Waals surface area contributed by atoms with Crippen LogP contribution in [0.1, 0.15) is 29.3 Å². The zero-order valence-corrected chi connectivity index (χ0v) is 25.4. The maximum absolute atomic E-state index is 13.9. The summed E-state index contributed by atoms with van der Waals surface area (Å²) >= 11 is 0. The summed E-state index contributed by atoms with van der Waals surface area (Å²) in [6.07, 6.45) is 0.0534. The second-order valence-corrected chi connectivity index (χ2v) is 10.6. The number of hydrogen-bond donors (Lipinski definition) is 1. The number of aromatic nitrogens is 3. The second kappa shape index (κ2) is 14.8. The van der Waals surface area contributed by atoms with Crippen molar-refractivity contribution in [2.75, 3.05) is 57.0 Å². The summed E-state index contributed by atoms with van der Waals surface area (Å²) in [6, 6.07) is 11.1. The number of likely N-dealkylation sites (N-methyl/N-ethyl adjacent to an activating group) is 1. The molecule has 0 aliphatic carbocycles. The van der Waals surface area contributed by atoms with Crippen molar-refractivity contribution in [3.05, 3.63) is 88.8 Å². The summed E-state index contributed by atoms with van der Waals surface area (Å²) in [5.41, 5.74) is 1.29. The van der Waals surface area contributed by atoms with E-state index >= 15 is 0 Å². The van der Waals surface area contributed by atoms with Gasteiger partial charge in [0.2, 0.25) is 5.91 Å². The van der Waals surface area contributed by atoms with Crippen LogP contribution in [0.25, 0.3) is 0 Å². The van der Waals surface area contributed by atoms with Crippen molar-refractivity contribution in [3.8, 4) is 11.8 Å². The number of carbonyl (C=O) groups excluding carboxylic acids is 1. The number of piperazine rings is 1. The Morgan fingerprint density at radius 1 is 1.09 bits per heavy atom. The molecule has 9 nitrogen and oxygen atoms in total. The van der Waals surface area contributed by atoms with E-state index in [-0.39, 0.29) is 24.2 Å². The van der Waals surface area contributed by atoms with Gasteiger partial charge in [-0.2, -0.15) is 18.3 Å². The molecule has 12 heteroatoms. The zero-order valence-electron chi connectivity index (χ0n) is 25.4. The normalized spacial score (nSPS) is 14.8. The topological polar surface area (TPSA) is 81.9 Å². The number of aryl methyl sites for hydroxylation is 1. The molecule has 0 radical (unpaired) electrons. The average Bonchev–Trinajstić information content (AvgIpc) is 2.98. The number of allylic oxidation sites excluding steroid dienone is 1. The van der Waals surface area contributed by atoms with Crippen LogP contribution in [-0.4, -0.2) is 77.3 Å². The Balaban J connectivity index is 1.37. The first kappa shape index (κ1) is 32.4. The number of pyridine rings is 1. The number of amides is 1. The molecule has 2 aromatic heterocycles. The van der Waals surface area contributed by atoms with Gasteiger partial charge in [0.15, 0.2) is 0 Å². The third kappa shape index (κ3) is 9.26. The Bertz CT molecular complexity index is 1610. The molecule has 3 heterocycles. The summed E-state index contributed by atoms with van der Waals surface area (Å²) in [7, 11) is 5.63. The van der Waals surface area contributed by atoms with Gasteiger partial charge >= 0.3 is 6.18 Å². The second-order valence-electron chi connectivity index (χ2n) is 10.6. The zero-order chi connectivity index (χ0) is 31.7. The highest BCUT2D eigenvalue weighted by Crippen LogP contribution is 2.34. The van der Waals surface area contributed by atoms with Crippen LogP contribution in [0.5, 0.6) is 0 Å². The molecular formula is C32H37F3N8O. The number of halogens is 3. The standard InChI is InChI=1S/C32H37F3N8O/c1-5-42-16-18-43(19-17-42)23-25-9-10-26(21-28(25)32(33,34)35)38-31(44)22-27-20-24(13-15-36-27)8-6-7-14-37-29-11-12-30(40(2)3)39-41(29)4/h7,9-15,20-21H,5,16-19,22-23H2,1-4H3,(H,38,44)/b14-7+,37-29?. The van der Waals surface area contributed by atoms with Gasteiger partial charge in [-0.15, -0.1) is 0 Å². The van der Waals surface area contributed by atoms with Crippen molar-refractivity contribution < 1.29 is 18.0 Å². The van der Waals surface area contributed by atoms with Crippen LogP contribution in [0.3, 0.4) is 0 Å². The highest BCUT2D eigenvalue weighted by Gasteiger charge is 2.34. The molecule has 1 saturated heterocycles. The van der Waals surface area contributed by atoms with E-state index in [0.717, 1.165) is 31.5 Å². The largest absolute Gasteiger partial charge is 0.416 e. The van der Waals surface area contributed by atoms with Gasteiger partial charge in [-0.05, 0) is 48.5 Å². The van der Waals surface area contributed by atoms with Crippen LogP contribution < -0.4 is 15.7 Å². The molecule has 232 valence electrons. The summed E-state index contributed by atoms with van der Waals surface area (Å²) in [4.78, 5) is 27.5. The van der Waals surface area contributed by atoms with Gasteiger partial charge in [0, 0.05) is 83.6 Å². The molecule has 1 aromatic carbocycles. The third-order valence-electron chi connectivity index (χ3n) is 7.17. The lowest BCUT2D eigenvalue weighted by Gasteiger charge is -2.34. The summed E-state index contributed by atoms with van der Waals surface area (Å²) in [5, 5.41) is 7.00. The molecule has 0 saturated carbocycles. The molecule has 44 heavy (non-hydrogen) atoms. The van der Waals surface area contributed by atoms with Crippen LogP contribution in [0.15, 0.2) is 65.9 Å². The van der Waals surface area contributed by atoms with Crippen LogP contribution >= 0.6 is 0 Å². The van der Waals surface area contributed by atoms with E-state index in [4.69, 9.17) is 0 Å². The first-order chi connectivity index (χ1) is 21.0.